The molecule has 0 radical (unpaired) electrons. The van der Waals surface area contributed by atoms with Gasteiger partial charge in [0, 0.05) is 19.4 Å². The average molecular weight is 825 g/mol. The number of unbranched alkanes of at least 4 members (excludes halogenated alkanes) is 15. The number of hydrogen-bond donors (Lipinski definition) is 2. The Morgan fingerprint density at radius 3 is 2.14 bits per heavy atom. The Labute approximate surface area is 348 Å². The molecule has 2 heterocycles. The fourth-order valence-electron chi connectivity index (χ4n) is 6.66. The van der Waals surface area contributed by atoms with E-state index in [4.69, 9.17) is 33.7 Å². The second kappa shape index (κ2) is 28.9. The van der Waals surface area contributed by atoms with Gasteiger partial charge in [-0.15, -0.1) is 0 Å². The Morgan fingerprint density at radius 2 is 1.53 bits per heavy atom. The largest absolute Gasteiger partial charge is 0.490 e. The molecule has 322 valence electrons. The third kappa shape index (κ3) is 18.7. The molecular formula is C44H69N6O7P. The number of nitrogens with two attached hydrogens (primary N) is 1. The van der Waals surface area contributed by atoms with E-state index >= 15 is 0 Å². The molecule has 0 amide bonds. The third-order valence-electron chi connectivity index (χ3n) is 10.2. The van der Waals surface area contributed by atoms with Crippen LogP contribution in [0.3, 0.4) is 0 Å². The summed E-state index contributed by atoms with van der Waals surface area (Å²) in [4.78, 5) is 14.8. The van der Waals surface area contributed by atoms with E-state index in [1.54, 1.807) is 16.6 Å². The first kappa shape index (κ1) is 49.0. The predicted molar refractivity (Wildman–Crippen MR) is 228 cm³/mol. The van der Waals surface area contributed by atoms with Crippen molar-refractivity contribution in [2.24, 2.45) is 0 Å². The Balaban J connectivity index is 1.42. The highest BCUT2D eigenvalue weighted by molar-refractivity contribution is 7.40. The van der Waals surface area contributed by atoms with Crippen molar-refractivity contribution in [1.29, 1.82) is 10.5 Å². The van der Waals surface area contributed by atoms with E-state index in [9.17, 15) is 15.4 Å². The molecule has 3 unspecified atom stereocenters. The van der Waals surface area contributed by atoms with Crippen LogP contribution in [-0.2, 0) is 36.3 Å². The van der Waals surface area contributed by atoms with Gasteiger partial charge in [-0.05, 0) is 62.9 Å². The van der Waals surface area contributed by atoms with E-state index in [0.717, 1.165) is 24.1 Å². The van der Waals surface area contributed by atoms with Crippen molar-refractivity contribution in [1.82, 2.24) is 14.6 Å². The first-order valence-electron chi connectivity index (χ1n) is 21.4. The van der Waals surface area contributed by atoms with Crippen LogP contribution in [0.4, 0.5) is 5.82 Å². The molecule has 3 atom stereocenters. The van der Waals surface area contributed by atoms with Crippen molar-refractivity contribution >= 4 is 19.9 Å². The number of nitrogens with zero attached hydrogens (tertiary/aromatic N) is 5. The summed E-state index contributed by atoms with van der Waals surface area (Å²) in [6.07, 6.45) is 22.4. The summed E-state index contributed by atoms with van der Waals surface area (Å²) < 4.78 is 36.7. The Morgan fingerprint density at radius 1 is 0.879 bits per heavy atom. The van der Waals surface area contributed by atoms with Crippen molar-refractivity contribution in [2.45, 2.75) is 161 Å². The maximum absolute atomic E-state index is 10.7. The summed E-state index contributed by atoms with van der Waals surface area (Å²) in [5.41, 5.74) is 7.40. The van der Waals surface area contributed by atoms with Crippen LogP contribution in [0.15, 0.2) is 36.7 Å². The molecular weight excluding hydrogens is 755 g/mol. The average Bonchev–Trinajstić information content (AvgIpc) is 3.65. The SMILES string of the molecule is CCCCCCCCCCCCCCCCCCOCC(COP(O)OCC(C#N)(CCc1ccc2c(N)ncnn12)OC)OCc1ccc(C#N)c(OC(C)C)c1. The molecule has 14 heteroatoms. The van der Waals surface area contributed by atoms with E-state index < -0.39 is 20.3 Å². The highest BCUT2D eigenvalue weighted by Gasteiger charge is 2.32. The zero-order valence-corrected chi connectivity index (χ0v) is 36.4. The van der Waals surface area contributed by atoms with Gasteiger partial charge in [-0.1, -0.05) is 109 Å². The van der Waals surface area contributed by atoms with Gasteiger partial charge in [-0.2, -0.15) is 15.6 Å². The number of nitriles is 2. The first-order chi connectivity index (χ1) is 28.2. The number of fused-ring (bicyclic) bond motifs is 1. The fraction of sp³-hybridized carbons (Fsp3) is 0.682. The van der Waals surface area contributed by atoms with Gasteiger partial charge in [0.2, 0.25) is 0 Å². The summed E-state index contributed by atoms with van der Waals surface area (Å²) in [6, 6.07) is 13.4. The fourth-order valence-corrected chi connectivity index (χ4v) is 7.35. The van der Waals surface area contributed by atoms with Crippen LogP contribution in [0.2, 0.25) is 0 Å². The number of aromatic nitrogens is 3. The van der Waals surface area contributed by atoms with Crippen LogP contribution in [-0.4, -0.2) is 70.8 Å². The highest BCUT2D eigenvalue weighted by Crippen LogP contribution is 2.36. The molecule has 3 rings (SSSR count). The number of hydrogen-bond acceptors (Lipinski definition) is 12. The number of rotatable bonds is 34. The lowest BCUT2D eigenvalue weighted by atomic mass is 9.99. The normalized spacial score (nSPS) is 13.7. The number of aryl methyl sites for hydroxylation is 1. The van der Waals surface area contributed by atoms with Crippen LogP contribution in [0, 0.1) is 22.7 Å². The molecule has 0 aliphatic rings. The van der Waals surface area contributed by atoms with Crippen LogP contribution in [0.1, 0.15) is 147 Å². The molecule has 3 N–H and O–H groups in total. The Kier molecular flexibility index (Phi) is 24.4. The molecule has 3 aromatic rings. The van der Waals surface area contributed by atoms with E-state index in [0.29, 0.717) is 35.7 Å². The molecule has 0 aliphatic heterocycles. The summed E-state index contributed by atoms with van der Waals surface area (Å²) >= 11 is 0. The number of nitrogen functional groups attached to an aromatic ring is 1. The second-order valence-corrected chi connectivity index (χ2v) is 16.3. The van der Waals surface area contributed by atoms with E-state index in [1.165, 1.54) is 103 Å². The van der Waals surface area contributed by atoms with Crippen LogP contribution >= 0.6 is 8.60 Å². The summed E-state index contributed by atoms with van der Waals surface area (Å²) in [5.74, 6) is 0.862. The standard InChI is InChI=1S/C44H69N6O7P/c1-5-6-7-8-9-10-11-12-13-14-15-16-17-18-19-20-27-53-31-40(54-30-37-21-22-38(29-45)42(28-37)57-36(2)3)32-55-58(51)56-34-44(33-46,52-4)26-25-39-23-24-41-43(47)48-35-49-50(39)41/h21-24,28,35-36,40,51H,5-20,25-27,30-32,34H2,1-4H3,(H2,47,48,49). The van der Waals surface area contributed by atoms with Crippen LogP contribution in [0.25, 0.3) is 5.52 Å². The van der Waals surface area contributed by atoms with Gasteiger partial charge in [0.25, 0.3) is 0 Å². The number of ether oxygens (including phenoxy) is 4. The van der Waals surface area contributed by atoms with Crippen LogP contribution in [0.5, 0.6) is 5.75 Å². The minimum atomic E-state index is -2.37. The van der Waals surface area contributed by atoms with E-state index in [-0.39, 0.29) is 39.0 Å². The molecule has 0 saturated carbocycles. The van der Waals surface area contributed by atoms with Crippen molar-refractivity contribution in [2.75, 3.05) is 39.3 Å². The molecule has 0 spiro atoms. The number of anilines is 1. The van der Waals surface area contributed by atoms with E-state index in [2.05, 4.69) is 29.1 Å². The smallest absolute Gasteiger partial charge is 0.330 e. The quantitative estimate of drug-likeness (QED) is 0.0431. The number of methoxy groups -OCH3 is 1. The monoisotopic (exact) mass is 824 g/mol. The summed E-state index contributed by atoms with van der Waals surface area (Å²) in [6.45, 7) is 6.94. The molecule has 2 aromatic heterocycles. The zero-order chi connectivity index (χ0) is 41.9. The van der Waals surface area contributed by atoms with Gasteiger partial charge >= 0.3 is 8.60 Å². The van der Waals surface area contributed by atoms with Gasteiger partial charge in [-0.25, -0.2) is 9.50 Å². The van der Waals surface area contributed by atoms with Gasteiger partial charge in [0.05, 0.1) is 38.1 Å². The van der Waals surface area contributed by atoms with Gasteiger partial charge in [0.15, 0.2) is 11.4 Å². The van der Waals surface area contributed by atoms with Crippen molar-refractivity contribution in [3.63, 3.8) is 0 Å². The molecule has 0 bridgehead atoms. The van der Waals surface area contributed by atoms with Gasteiger partial charge in [-0.3, -0.25) is 0 Å². The Bertz CT molecular complexity index is 1650. The topological polar surface area (TPSA) is 179 Å². The Hall–Kier alpha value is -3.39. The van der Waals surface area contributed by atoms with E-state index in [1.807, 2.05) is 32.0 Å². The highest BCUT2D eigenvalue weighted by atomic mass is 31.2. The summed E-state index contributed by atoms with van der Waals surface area (Å²) in [7, 11) is -0.934. The van der Waals surface area contributed by atoms with Crippen molar-refractivity contribution in [3.8, 4) is 17.9 Å². The lowest BCUT2D eigenvalue weighted by molar-refractivity contribution is -0.0510. The minimum absolute atomic E-state index is 0.00337. The number of benzene rings is 1. The third-order valence-corrected chi connectivity index (χ3v) is 10.9. The zero-order valence-electron chi connectivity index (χ0n) is 35.5. The molecule has 0 fully saturated rings. The lowest BCUT2D eigenvalue weighted by Crippen LogP contribution is -2.35. The molecule has 0 aliphatic carbocycles. The summed E-state index contributed by atoms with van der Waals surface area (Å²) in [5, 5.41) is 23.9. The van der Waals surface area contributed by atoms with Crippen LogP contribution < -0.4 is 10.5 Å². The first-order valence-corrected chi connectivity index (χ1v) is 22.5. The van der Waals surface area contributed by atoms with Gasteiger partial charge in [0.1, 0.15) is 35.8 Å². The molecule has 1 aromatic carbocycles. The minimum Gasteiger partial charge on any atom is -0.490 e. The molecule has 58 heavy (non-hydrogen) atoms. The van der Waals surface area contributed by atoms with Crippen molar-refractivity contribution < 1.29 is 32.9 Å². The maximum Gasteiger partial charge on any atom is 0.330 e. The predicted octanol–water partition coefficient (Wildman–Crippen LogP) is 9.93. The van der Waals surface area contributed by atoms with Crippen molar-refractivity contribution in [3.05, 3.63) is 53.5 Å². The molecule has 0 saturated heterocycles. The maximum atomic E-state index is 10.7. The molecule has 13 nitrogen and oxygen atoms in total. The lowest BCUT2D eigenvalue weighted by Gasteiger charge is -2.26. The van der Waals surface area contributed by atoms with Gasteiger partial charge < -0.3 is 38.6 Å². The second-order valence-electron chi connectivity index (χ2n) is 15.3.